The summed E-state index contributed by atoms with van der Waals surface area (Å²) in [4.78, 5) is 26.4. The predicted octanol–water partition coefficient (Wildman–Crippen LogP) is 3.43. The van der Waals surface area contributed by atoms with Crippen LogP contribution in [0.25, 0.3) is 0 Å². The lowest BCUT2D eigenvalue weighted by molar-refractivity contribution is -0.122. The molecule has 0 spiro atoms. The molecule has 1 N–H and O–H groups in total. The third-order valence-corrected chi connectivity index (χ3v) is 5.45. The SMILES string of the molecule is CCC[C@@H](C)c1nnc(NC(=O)[C@H]2CC(=O)N(c3ccccc3)C2)s1. The van der Waals surface area contributed by atoms with Gasteiger partial charge in [0.2, 0.25) is 16.9 Å². The molecule has 2 aromatic rings. The van der Waals surface area contributed by atoms with Crippen molar-refractivity contribution in [3.05, 3.63) is 35.3 Å². The molecule has 3 rings (SSSR count). The van der Waals surface area contributed by atoms with E-state index in [9.17, 15) is 9.59 Å². The van der Waals surface area contributed by atoms with Crippen molar-refractivity contribution in [2.75, 3.05) is 16.8 Å². The number of benzene rings is 1. The number of anilines is 2. The smallest absolute Gasteiger partial charge is 0.231 e. The fourth-order valence-electron chi connectivity index (χ4n) is 2.99. The van der Waals surface area contributed by atoms with Crippen molar-refractivity contribution in [2.45, 2.75) is 39.0 Å². The van der Waals surface area contributed by atoms with Crippen LogP contribution in [0.15, 0.2) is 30.3 Å². The highest BCUT2D eigenvalue weighted by molar-refractivity contribution is 7.15. The van der Waals surface area contributed by atoms with Gasteiger partial charge in [-0.25, -0.2) is 0 Å². The van der Waals surface area contributed by atoms with Crippen molar-refractivity contribution in [2.24, 2.45) is 5.92 Å². The fourth-order valence-corrected chi connectivity index (χ4v) is 3.82. The minimum absolute atomic E-state index is 0.0270. The number of aromatic nitrogens is 2. The minimum Gasteiger partial charge on any atom is -0.312 e. The van der Waals surface area contributed by atoms with Gasteiger partial charge < -0.3 is 10.2 Å². The Hall–Kier alpha value is -2.28. The number of hydrogen-bond donors (Lipinski definition) is 1. The molecule has 0 unspecified atom stereocenters. The first-order chi connectivity index (χ1) is 12.1. The van der Waals surface area contributed by atoms with Gasteiger partial charge in [-0.05, 0) is 18.6 Å². The molecule has 0 bridgehead atoms. The second-order valence-electron chi connectivity index (χ2n) is 6.37. The zero-order valence-electron chi connectivity index (χ0n) is 14.4. The molecule has 2 heterocycles. The van der Waals surface area contributed by atoms with Crippen molar-refractivity contribution in [3.63, 3.8) is 0 Å². The highest BCUT2D eigenvalue weighted by Crippen LogP contribution is 2.28. The summed E-state index contributed by atoms with van der Waals surface area (Å²) in [7, 11) is 0. The zero-order valence-corrected chi connectivity index (χ0v) is 15.3. The summed E-state index contributed by atoms with van der Waals surface area (Å²) < 4.78 is 0. The van der Waals surface area contributed by atoms with E-state index in [1.165, 1.54) is 11.3 Å². The number of rotatable bonds is 6. The topological polar surface area (TPSA) is 75.2 Å². The fraction of sp³-hybridized carbons (Fsp3) is 0.444. The van der Waals surface area contributed by atoms with Crippen LogP contribution in [-0.4, -0.2) is 28.6 Å². The molecule has 1 aromatic heterocycles. The number of amides is 2. The van der Waals surface area contributed by atoms with Crippen LogP contribution in [-0.2, 0) is 9.59 Å². The predicted molar refractivity (Wildman–Crippen MR) is 98.8 cm³/mol. The van der Waals surface area contributed by atoms with E-state index in [1.54, 1.807) is 4.90 Å². The van der Waals surface area contributed by atoms with E-state index >= 15 is 0 Å². The Kier molecular flexibility index (Phi) is 5.43. The summed E-state index contributed by atoms with van der Waals surface area (Å²) in [6.45, 7) is 4.64. The van der Waals surface area contributed by atoms with Gasteiger partial charge in [0, 0.05) is 24.6 Å². The van der Waals surface area contributed by atoms with E-state index in [1.807, 2.05) is 30.3 Å². The van der Waals surface area contributed by atoms with E-state index < -0.39 is 0 Å². The Labute approximate surface area is 151 Å². The molecule has 2 amide bonds. The zero-order chi connectivity index (χ0) is 17.8. The van der Waals surface area contributed by atoms with Crippen molar-refractivity contribution < 1.29 is 9.59 Å². The maximum absolute atomic E-state index is 12.5. The van der Waals surface area contributed by atoms with Gasteiger partial charge in [0.05, 0.1) is 5.92 Å². The molecule has 1 saturated heterocycles. The van der Waals surface area contributed by atoms with Crippen LogP contribution in [0.4, 0.5) is 10.8 Å². The van der Waals surface area contributed by atoms with Crippen LogP contribution in [0.1, 0.15) is 44.0 Å². The summed E-state index contributed by atoms with van der Waals surface area (Å²) in [5.74, 6) is -0.221. The second-order valence-corrected chi connectivity index (χ2v) is 7.37. The normalized spacial score (nSPS) is 18.4. The molecule has 0 aliphatic carbocycles. The van der Waals surface area contributed by atoms with Gasteiger partial charge in [0.1, 0.15) is 5.01 Å². The first-order valence-corrected chi connectivity index (χ1v) is 9.39. The van der Waals surface area contributed by atoms with Gasteiger partial charge in [-0.2, -0.15) is 0 Å². The maximum atomic E-state index is 12.5. The Balaban J connectivity index is 1.62. The highest BCUT2D eigenvalue weighted by atomic mass is 32.1. The first kappa shape index (κ1) is 17.5. The van der Waals surface area contributed by atoms with Crippen LogP contribution in [0, 0.1) is 5.92 Å². The summed E-state index contributed by atoms with van der Waals surface area (Å²) >= 11 is 1.41. The van der Waals surface area contributed by atoms with Gasteiger partial charge in [0.25, 0.3) is 0 Å². The van der Waals surface area contributed by atoms with Crippen LogP contribution >= 0.6 is 11.3 Å². The first-order valence-electron chi connectivity index (χ1n) is 8.58. The quantitative estimate of drug-likeness (QED) is 0.858. The van der Waals surface area contributed by atoms with Crippen LogP contribution < -0.4 is 10.2 Å². The van der Waals surface area contributed by atoms with Crippen LogP contribution in [0.3, 0.4) is 0 Å². The second kappa shape index (κ2) is 7.74. The molecule has 6 nitrogen and oxygen atoms in total. The van der Waals surface area contributed by atoms with Gasteiger partial charge >= 0.3 is 0 Å². The minimum atomic E-state index is -0.367. The van der Waals surface area contributed by atoms with E-state index in [0.29, 0.717) is 17.6 Å². The monoisotopic (exact) mass is 358 g/mol. The van der Waals surface area contributed by atoms with Crippen LogP contribution in [0.2, 0.25) is 0 Å². The van der Waals surface area contributed by atoms with E-state index in [2.05, 4.69) is 29.4 Å². The van der Waals surface area contributed by atoms with E-state index in [4.69, 9.17) is 0 Å². The molecule has 2 atom stereocenters. The molecule has 132 valence electrons. The lowest BCUT2D eigenvalue weighted by Gasteiger charge is -2.16. The summed E-state index contributed by atoms with van der Waals surface area (Å²) in [5, 5.41) is 12.5. The Morgan fingerprint density at radius 2 is 2.12 bits per heavy atom. The summed E-state index contributed by atoms with van der Waals surface area (Å²) in [6, 6.07) is 9.43. The van der Waals surface area contributed by atoms with E-state index in [-0.39, 0.29) is 24.2 Å². The Morgan fingerprint density at radius 1 is 1.36 bits per heavy atom. The van der Waals surface area contributed by atoms with E-state index in [0.717, 1.165) is 23.5 Å². The molecule has 7 heteroatoms. The lowest BCUT2D eigenvalue weighted by atomic mass is 10.1. The molecule has 0 saturated carbocycles. The molecule has 1 aliphatic heterocycles. The molecular weight excluding hydrogens is 336 g/mol. The third-order valence-electron chi connectivity index (χ3n) is 4.38. The van der Waals surface area contributed by atoms with Crippen molar-refractivity contribution >= 4 is 34.0 Å². The molecule has 1 aromatic carbocycles. The largest absolute Gasteiger partial charge is 0.312 e. The standard InChI is InChI=1S/C18H22N4O2S/c1-3-7-12(2)17-20-21-18(25-17)19-16(24)13-10-15(23)22(11-13)14-8-5-4-6-9-14/h4-6,8-9,12-13H,3,7,10-11H2,1-2H3,(H,19,21,24)/t12-,13+/m1/s1. The Bertz CT molecular complexity index is 747. The van der Waals surface area contributed by atoms with Gasteiger partial charge in [-0.3, -0.25) is 9.59 Å². The summed E-state index contributed by atoms with van der Waals surface area (Å²) in [6.07, 6.45) is 2.35. The number of nitrogens with one attached hydrogen (secondary N) is 1. The lowest BCUT2D eigenvalue weighted by Crippen LogP contribution is -2.28. The number of hydrogen-bond acceptors (Lipinski definition) is 5. The van der Waals surface area contributed by atoms with Crippen molar-refractivity contribution in [1.29, 1.82) is 0 Å². The average molecular weight is 358 g/mol. The molecular formula is C18H22N4O2S. The van der Waals surface area contributed by atoms with Gasteiger partial charge in [-0.1, -0.05) is 49.8 Å². The van der Waals surface area contributed by atoms with Crippen molar-refractivity contribution in [1.82, 2.24) is 10.2 Å². The molecule has 25 heavy (non-hydrogen) atoms. The number of nitrogens with zero attached hydrogens (tertiary/aromatic N) is 3. The average Bonchev–Trinajstić information content (AvgIpc) is 3.23. The summed E-state index contributed by atoms with van der Waals surface area (Å²) in [5.41, 5.74) is 0.828. The molecule has 0 radical (unpaired) electrons. The van der Waals surface area contributed by atoms with Gasteiger partial charge in [0.15, 0.2) is 0 Å². The third kappa shape index (κ3) is 4.04. The molecule has 1 fully saturated rings. The van der Waals surface area contributed by atoms with Crippen molar-refractivity contribution in [3.8, 4) is 0 Å². The number of carbonyl (C=O) groups excluding carboxylic acids is 2. The number of carbonyl (C=O) groups is 2. The van der Waals surface area contributed by atoms with Gasteiger partial charge in [-0.15, -0.1) is 10.2 Å². The number of para-hydroxylation sites is 1. The maximum Gasteiger partial charge on any atom is 0.231 e. The molecule has 1 aliphatic rings. The highest BCUT2D eigenvalue weighted by Gasteiger charge is 2.35. The Morgan fingerprint density at radius 3 is 2.84 bits per heavy atom. The van der Waals surface area contributed by atoms with Crippen LogP contribution in [0.5, 0.6) is 0 Å².